The van der Waals surface area contributed by atoms with Gasteiger partial charge in [-0.15, -0.1) is 0 Å². The molecule has 0 radical (unpaired) electrons. The third-order valence-corrected chi connectivity index (χ3v) is 9.95. The summed E-state index contributed by atoms with van der Waals surface area (Å²) in [6.45, 7) is 11.1. The highest BCUT2D eigenvalue weighted by Crippen LogP contribution is 2.46. The molecule has 2 aliphatic carbocycles. The van der Waals surface area contributed by atoms with Gasteiger partial charge in [-0.05, 0) is 48.9 Å². The molecule has 0 aromatic carbocycles. The van der Waals surface area contributed by atoms with E-state index in [1.807, 2.05) is 0 Å². The SMILES string of the molecule is CC(C)(C)[Si](C)(C)O[C@@H]1C[C@](O)(CO)C[C@@H]2CCC=C21. The number of fused-ring (bicyclic) bond motifs is 1. The molecule has 3 nitrogen and oxygen atoms in total. The molecular weight excluding hydrogens is 268 g/mol. The van der Waals surface area contributed by atoms with Crippen molar-refractivity contribution >= 4 is 8.32 Å². The second kappa shape index (κ2) is 5.23. The molecule has 0 bridgehead atoms. The molecule has 2 N–H and O–H groups in total. The highest BCUT2D eigenvalue weighted by Gasteiger charge is 2.47. The van der Waals surface area contributed by atoms with E-state index in [1.165, 1.54) is 5.57 Å². The van der Waals surface area contributed by atoms with Crippen molar-refractivity contribution < 1.29 is 14.6 Å². The summed E-state index contributed by atoms with van der Waals surface area (Å²) in [5.74, 6) is 0.399. The number of rotatable bonds is 3. The molecule has 2 aliphatic rings. The molecule has 0 aromatic rings. The highest BCUT2D eigenvalue weighted by molar-refractivity contribution is 6.74. The first kappa shape index (κ1) is 16.2. The van der Waals surface area contributed by atoms with Crippen molar-refractivity contribution in [3.63, 3.8) is 0 Å². The third-order valence-electron chi connectivity index (χ3n) is 5.47. The van der Waals surface area contributed by atoms with Gasteiger partial charge in [-0.3, -0.25) is 0 Å². The van der Waals surface area contributed by atoms with E-state index in [-0.39, 0.29) is 17.7 Å². The van der Waals surface area contributed by atoms with Crippen LogP contribution in [0.25, 0.3) is 0 Å². The lowest BCUT2D eigenvalue weighted by atomic mass is 9.75. The van der Waals surface area contributed by atoms with E-state index < -0.39 is 13.9 Å². The van der Waals surface area contributed by atoms with Crippen molar-refractivity contribution in [1.82, 2.24) is 0 Å². The van der Waals surface area contributed by atoms with Crippen molar-refractivity contribution in [1.29, 1.82) is 0 Å². The van der Waals surface area contributed by atoms with Crippen molar-refractivity contribution in [2.45, 2.75) is 76.3 Å². The van der Waals surface area contributed by atoms with Crippen LogP contribution in [-0.4, -0.2) is 36.8 Å². The maximum absolute atomic E-state index is 10.6. The Morgan fingerprint density at radius 3 is 2.55 bits per heavy atom. The molecule has 1 fully saturated rings. The average molecular weight is 298 g/mol. The summed E-state index contributed by atoms with van der Waals surface area (Å²) in [5.41, 5.74) is 0.423. The normalized spacial score (nSPS) is 34.9. The Labute approximate surface area is 124 Å². The lowest BCUT2D eigenvalue weighted by molar-refractivity contribution is -0.0717. The molecule has 0 amide bonds. The van der Waals surface area contributed by atoms with Crippen LogP contribution in [0.5, 0.6) is 0 Å². The molecule has 1 saturated carbocycles. The van der Waals surface area contributed by atoms with Gasteiger partial charge in [-0.2, -0.15) is 0 Å². The summed E-state index contributed by atoms with van der Waals surface area (Å²) in [6, 6.07) is 0. The summed E-state index contributed by atoms with van der Waals surface area (Å²) < 4.78 is 6.55. The Morgan fingerprint density at radius 1 is 1.35 bits per heavy atom. The van der Waals surface area contributed by atoms with Crippen LogP contribution in [0.15, 0.2) is 11.6 Å². The Kier molecular flexibility index (Phi) is 4.24. The number of aliphatic hydroxyl groups excluding tert-OH is 1. The Morgan fingerprint density at radius 2 is 2.00 bits per heavy atom. The predicted octanol–water partition coefficient (Wildman–Crippen LogP) is 3.23. The van der Waals surface area contributed by atoms with Gasteiger partial charge in [-0.1, -0.05) is 26.8 Å². The van der Waals surface area contributed by atoms with Gasteiger partial charge >= 0.3 is 0 Å². The molecule has 2 rings (SSSR count). The first-order chi connectivity index (χ1) is 9.08. The minimum Gasteiger partial charge on any atom is -0.410 e. The quantitative estimate of drug-likeness (QED) is 0.621. The summed E-state index contributed by atoms with van der Waals surface area (Å²) in [4.78, 5) is 0. The summed E-state index contributed by atoms with van der Waals surface area (Å²) in [6.07, 6.45) is 5.70. The number of hydrogen-bond acceptors (Lipinski definition) is 3. The van der Waals surface area contributed by atoms with Crippen molar-refractivity contribution in [3.05, 3.63) is 11.6 Å². The maximum Gasteiger partial charge on any atom is 0.192 e. The van der Waals surface area contributed by atoms with Crippen LogP contribution >= 0.6 is 0 Å². The van der Waals surface area contributed by atoms with Gasteiger partial charge in [0.25, 0.3) is 0 Å². The topological polar surface area (TPSA) is 49.7 Å². The van der Waals surface area contributed by atoms with E-state index in [9.17, 15) is 10.2 Å². The number of allylic oxidation sites excluding steroid dienone is 1. The lowest BCUT2D eigenvalue weighted by Crippen LogP contribution is -2.51. The monoisotopic (exact) mass is 298 g/mol. The Bertz CT molecular complexity index is 397. The fourth-order valence-corrected chi connectivity index (χ4v) is 4.46. The van der Waals surface area contributed by atoms with Crippen LogP contribution in [0.3, 0.4) is 0 Å². The molecule has 0 spiro atoms. The molecule has 20 heavy (non-hydrogen) atoms. The third kappa shape index (κ3) is 3.03. The molecule has 116 valence electrons. The van der Waals surface area contributed by atoms with Gasteiger partial charge in [0.15, 0.2) is 8.32 Å². The zero-order valence-electron chi connectivity index (χ0n) is 13.6. The Hall–Kier alpha value is -0.163. The van der Waals surface area contributed by atoms with Crippen LogP contribution in [0.1, 0.15) is 46.5 Å². The fourth-order valence-electron chi connectivity index (χ4n) is 3.17. The Balaban J connectivity index is 2.20. The molecule has 0 unspecified atom stereocenters. The van der Waals surface area contributed by atoms with E-state index in [4.69, 9.17) is 4.43 Å². The van der Waals surface area contributed by atoms with Crippen molar-refractivity contribution in [2.75, 3.05) is 6.61 Å². The van der Waals surface area contributed by atoms with Gasteiger partial charge in [0.05, 0.1) is 18.3 Å². The van der Waals surface area contributed by atoms with Crippen LogP contribution in [0, 0.1) is 5.92 Å². The largest absolute Gasteiger partial charge is 0.410 e. The molecule has 0 aromatic heterocycles. The maximum atomic E-state index is 10.6. The lowest BCUT2D eigenvalue weighted by Gasteiger charge is -2.46. The minimum atomic E-state index is -1.86. The standard InChI is InChI=1S/C16H30O3Si/c1-15(2,3)20(4,5)19-14-10-16(18,11-17)9-12-7-6-8-13(12)14/h8,12,14,17-18H,6-7,9-11H2,1-5H3/t12-,14+,16-/m0/s1. The van der Waals surface area contributed by atoms with Crippen LogP contribution < -0.4 is 0 Å². The summed E-state index contributed by atoms with van der Waals surface area (Å²) in [7, 11) is -1.86. The van der Waals surface area contributed by atoms with E-state index in [1.54, 1.807) is 0 Å². The van der Waals surface area contributed by atoms with Crippen molar-refractivity contribution in [3.8, 4) is 0 Å². The van der Waals surface area contributed by atoms with Gasteiger partial charge in [0.1, 0.15) is 0 Å². The van der Waals surface area contributed by atoms with E-state index >= 15 is 0 Å². The second-order valence-corrected chi connectivity index (χ2v) is 12.9. The van der Waals surface area contributed by atoms with Gasteiger partial charge in [0.2, 0.25) is 0 Å². The van der Waals surface area contributed by atoms with Crippen molar-refractivity contribution in [2.24, 2.45) is 5.92 Å². The number of aliphatic hydroxyl groups is 2. The highest BCUT2D eigenvalue weighted by atomic mass is 28.4. The van der Waals surface area contributed by atoms with Gasteiger partial charge in [0, 0.05) is 6.42 Å². The molecular formula is C16H30O3Si. The molecule has 3 atom stereocenters. The molecule has 4 heteroatoms. The van der Waals surface area contributed by atoms with E-state index in [2.05, 4.69) is 39.9 Å². The summed E-state index contributed by atoms with van der Waals surface area (Å²) in [5, 5.41) is 20.3. The van der Waals surface area contributed by atoms with Gasteiger partial charge in [-0.25, -0.2) is 0 Å². The molecule has 0 aliphatic heterocycles. The predicted molar refractivity (Wildman–Crippen MR) is 84.1 cm³/mol. The molecule has 0 saturated heterocycles. The molecule has 0 heterocycles. The fraction of sp³-hybridized carbons (Fsp3) is 0.875. The van der Waals surface area contributed by atoms with Crippen LogP contribution in [0.2, 0.25) is 18.1 Å². The van der Waals surface area contributed by atoms with Crippen LogP contribution in [0.4, 0.5) is 0 Å². The van der Waals surface area contributed by atoms with E-state index in [0.717, 1.165) is 12.8 Å². The zero-order chi connectivity index (χ0) is 15.2. The first-order valence-corrected chi connectivity index (χ1v) is 10.7. The van der Waals surface area contributed by atoms with E-state index in [0.29, 0.717) is 18.8 Å². The second-order valence-electron chi connectivity index (χ2n) is 8.14. The average Bonchev–Trinajstić information content (AvgIpc) is 2.75. The first-order valence-electron chi connectivity index (χ1n) is 7.79. The minimum absolute atomic E-state index is 0.00529. The van der Waals surface area contributed by atoms with Gasteiger partial charge < -0.3 is 14.6 Å². The zero-order valence-corrected chi connectivity index (χ0v) is 14.6. The number of hydrogen-bond donors (Lipinski definition) is 2. The smallest absolute Gasteiger partial charge is 0.192 e. The summed E-state index contributed by atoms with van der Waals surface area (Å²) >= 11 is 0. The van der Waals surface area contributed by atoms with Crippen LogP contribution in [-0.2, 0) is 4.43 Å².